The van der Waals surface area contributed by atoms with Crippen LogP contribution in [0.1, 0.15) is 5.56 Å². The van der Waals surface area contributed by atoms with Crippen LogP contribution in [-0.2, 0) is 6.54 Å². The summed E-state index contributed by atoms with van der Waals surface area (Å²) in [6.45, 7) is -3.36. The van der Waals surface area contributed by atoms with Gasteiger partial charge in [-0.05, 0) is 24.3 Å². The number of hydrogen-bond donors (Lipinski definition) is 2. The highest BCUT2D eigenvalue weighted by Gasteiger charge is 2.14. The zero-order valence-corrected chi connectivity index (χ0v) is 16.9. The van der Waals surface area contributed by atoms with Gasteiger partial charge in [-0.2, -0.15) is 8.78 Å². The average molecular weight is 497 g/mol. The number of rotatable bonds is 7. The molecule has 148 valence electrons. The first-order chi connectivity index (χ1) is 12.4. The third-order valence-electron chi connectivity index (χ3n) is 3.37. The minimum Gasteiger partial charge on any atom is -0.497 e. The van der Waals surface area contributed by atoms with Gasteiger partial charge < -0.3 is 25.3 Å². The molecule has 0 saturated carbocycles. The summed E-state index contributed by atoms with van der Waals surface area (Å²) in [4.78, 5) is 3.97. The summed E-state index contributed by atoms with van der Waals surface area (Å²) in [6.07, 6.45) is 0. The molecule has 0 bridgehead atoms. The van der Waals surface area contributed by atoms with Crippen molar-refractivity contribution >= 4 is 35.6 Å². The van der Waals surface area contributed by atoms with Crippen molar-refractivity contribution in [1.82, 2.24) is 0 Å². The lowest BCUT2D eigenvalue weighted by Crippen LogP contribution is -2.23. The Morgan fingerprint density at radius 1 is 1.15 bits per heavy atom. The summed E-state index contributed by atoms with van der Waals surface area (Å²) in [6, 6.07) is 8.62. The summed E-state index contributed by atoms with van der Waals surface area (Å²) in [5.41, 5.74) is 6.15. The van der Waals surface area contributed by atoms with Crippen molar-refractivity contribution in [2.75, 3.05) is 19.5 Å². The van der Waals surface area contributed by atoms with Crippen LogP contribution in [0.4, 0.5) is 18.9 Å². The molecule has 0 saturated heterocycles. The molecule has 0 fully saturated rings. The second-order valence-corrected chi connectivity index (χ2v) is 4.99. The number of halogens is 4. The number of nitrogens with zero attached hydrogens (tertiary/aromatic N) is 1. The van der Waals surface area contributed by atoms with Gasteiger partial charge in [0.15, 0.2) is 5.96 Å². The van der Waals surface area contributed by atoms with E-state index in [1.807, 2.05) is 0 Å². The van der Waals surface area contributed by atoms with Gasteiger partial charge in [0.1, 0.15) is 23.1 Å². The molecule has 2 aromatic rings. The van der Waals surface area contributed by atoms with Gasteiger partial charge in [0, 0.05) is 6.07 Å². The van der Waals surface area contributed by atoms with E-state index in [2.05, 4.69) is 15.0 Å². The Balaban J connectivity index is 0.00000364. The third kappa shape index (κ3) is 6.38. The maximum absolute atomic E-state index is 13.9. The van der Waals surface area contributed by atoms with Crippen LogP contribution in [-0.4, -0.2) is 26.8 Å². The van der Waals surface area contributed by atoms with E-state index in [9.17, 15) is 13.2 Å². The molecule has 10 heteroatoms. The fourth-order valence-corrected chi connectivity index (χ4v) is 2.15. The van der Waals surface area contributed by atoms with E-state index in [1.165, 1.54) is 26.4 Å². The van der Waals surface area contributed by atoms with Gasteiger partial charge in [-0.1, -0.05) is 6.07 Å². The fraction of sp³-hybridized carbons (Fsp3) is 0.235. The van der Waals surface area contributed by atoms with E-state index < -0.39 is 12.4 Å². The number of hydrogen-bond acceptors (Lipinski definition) is 4. The molecule has 0 aliphatic rings. The molecule has 0 spiro atoms. The number of anilines is 1. The topological polar surface area (TPSA) is 78.1 Å². The molecule has 0 heterocycles. The van der Waals surface area contributed by atoms with Crippen LogP contribution in [0.3, 0.4) is 0 Å². The minimum atomic E-state index is -3.07. The summed E-state index contributed by atoms with van der Waals surface area (Å²) < 4.78 is 53.4. The lowest BCUT2D eigenvalue weighted by Gasteiger charge is -2.13. The molecule has 0 unspecified atom stereocenters. The second kappa shape index (κ2) is 10.7. The van der Waals surface area contributed by atoms with Gasteiger partial charge in [0.2, 0.25) is 0 Å². The number of alkyl halides is 2. The normalized spacial score (nSPS) is 11.0. The molecule has 3 N–H and O–H groups in total. The molecule has 0 aliphatic carbocycles. The van der Waals surface area contributed by atoms with Crippen molar-refractivity contribution in [2.24, 2.45) is 10.7 Å². The average Bonchev–Trinajstić information content (AvgIpc) is 2.60. The third-order valence-corrected chi connectivity index (χ3v) is 3.37. The standard InChI is InChI=1S/C17H18F3N3O3.HI/c1-24-10-6-7-15(25-2)13(8-10)23-17(21)22-9-11-12(18)4-3-5-14(11)26-16(19)20;/h3-8,16H,9H2,1-2H3,(H3,21,22,23);1H. The van der Waals surface area contributed by atoms with Crippen LogP contribution in [0.15, 0.2) is 41.4 Å². The number of benzene rings is 2. The molecule has 0 radical (unpaired) electrons. The van der Waals surface area contributed by atoms with Crippen LogP contribution in [0.5, 0.6) is 17.2 Å². The minimum absolute atomic E-state index is 0. The first kappa shape index (κ1) is 22.7. The molecule has 0 atom stereocenters. The summed E-state index contributed by atoms with van der Waals surface area (Å²) in [5.74, 6) is -0.0450. The molecule has 0 amide bonds. The predicted octanol–water partition coefficient (Wildman–Crippen LogP) is 3.99. The van der Waals surface area contributed by atoms with E-state index in [-0.39, 0.29) is 47.8 Å². The van der Waals surface area contributed by atoms with E-state index >= 15 is 0 Å². The molecular weight excluding hydrogens is 478 g/mol. The van der Waals surface area contributed by atoms with E-state index in [0.29, 0.717) is 17.2 Å². The monoisotopic (exact) mass is 497 g/mol. The zero-order chi connectivity index (χ0) is 19.1. The highest BCUT2D eigenvalue weighted by Crippen LogP contribution is 2.29. The van der Waals surface area contributed by atoms with E-state index in [4.69, 9.17) is 15.2 Å². The summed E-state index contributed by atoms with van der Waals surface area (Å²) in [5, 5.41) is 2.80. The molecule has 27 heavy (non-hydrogen) atoms. The SMILES string of the molecule is COc1ccc(OC)c(NC(N)=NCc2c(F)cccc2OC(F)F)c1.I. The van der Waals surface area contributed by atoms with Crippen molar-refractivity contribution in [3.05, 3.63) is 47.8 Å². The van der Waals surface area contributed by atoms with Gasteiger partial charge in [-0.15, -0.1) is 24.0 Å². The Morgan fingerprint density at radius 3 is 2.52 bits per heavy atom. The molecule has 6 nitrogen and oxygen atoms in total. The van der Waals surface area contributed by atoms with Crippen LogP contribution in [0.25, 0.3) is 0 Å². The number of guanidine groups is 1. The van der Waals surface area contributed by atoms with Crippen molar-refractivity contribution in [2.45, 2.75) is 13.2 Å². The van der Waals surface area contributed by atoms with Gasteiger partial charge >= 0.3 is 6.61 Å². The Bertz CT molecular complexity index is 791. The molecular formula is C17H19F3IN3O3. The molecule has 0 aliphatic heterocycles. The second-order valence-electron chi connectivity index (χ2n) is 4.99. The number of ether oxygens (including phenoxy) is 3. The number of nitrogens with two attached hydrogens (primary N) is 1. The van der Waals surface area contributed by atoms with Crippen molar-refractivity contribution in [1.29, 1.82) is 0 Å². The van der Waals surface area contributed by atoms with Crippen molar-refractivity contribution in [3.8, 4) is 17.2 Å². The Kier molecular flexibility index (Phi) is 8.98. The van der Waals surface area contributed by atoms with Gasteiger partial charge in [-0.25, -0.2) is 9.38 Å². The summed E-state index contributed by atoms with van der Waals surface area (Å²) >= 11 is 0. The lowest BCUT2D eigenvalue weighted by molar-refractivity contribution is -0.0506. The Morgan fingerprint density at radius 2 is 1.89 bits per heavy atom. The smallest absolute Gasteiger partial charge is 0.387 e. The molecule has 2 rings (SSSR count). The van der Waals surface area contributed by atoms with E-state index in [1.54, 1.807) is 18.2 Å². The Labute approximate surface area is 171 Å². The first-order valence-electron chi connectivity index (χ1n) is 7.45. The number of aliphatic imine (C=N–C) groups is 1. The van der Waals surface area contributed by atoms with Crippen molar-refractivity contribution in [3.63, 3.8) is 0 Å². The predicted molar refractivity (Wildman–Crippen MR) is 107 cm³/mol. The van der Waals surface area contributed by atoms with Crippen LogP contribution < -0.4 is 25.3 Å². The quantitative estimate of drug-likeness (QED) is 0.344. The highest BCUT2D eigenvalue weighted by atomic mass is 127. The number of nitrogens with one attached hydrogen (secondary N) is 1. The lowest BCUT2D eigenvalue weighted by atomic mass is 10.2. The van der Waals surface area contributed by atoms with Crippen LogP contribution in [0, 0.1) is 5.82 Å². The van der Waals surface area contributed by atoms with Gasteiger partial charge in [0.05, 0.1) is 32.0 Å². The maximum atomic E-state index is 13.9. The molecule has 2 aromatic carbocycles. The first-order valence-corrected chi connectivity index (χ1v) is 7.45. The summed E-state index contributed by atoms with van der Waals surface area (Å²) in [7, 11) is 2.99. The largest absolute Gasteiger partial charge is 0.497 e. The van der Waals surface area contributed by atoms with Crippen LogP contribution >= 0.6 is 24.0 Å². The van der Waals surface area contributed by atoms with E-state index in [0.717, 1.165) is 6.07 Å². The zero-order valence-electron chi connectivity index (χ0n) is 14.5. The van der Waals surface area contributed by atoms with Gasteiger partial charge in [-0.3, -0.25) is 0 Å². The fourth-order valence-electron chi connectivity index (χ4n) is 2.15. The molecule has 0 aromatic heterocycles. The van der Waals surface area contributed by atoms with Crippen LogP contribution in [0.2, 0.25) is 0 Å². The highest BCUT2D eigenvalue weighted by molar-refractivity contribution is 14.0. The Hall–Kier alpha value is -2.37. The number of methoxy groups -OCH3 is 2. The van der Waals surface area contributed by atoms with Crippen molar-refractivity contribution < 1.29 is 27.4 Å². The van der Waals surface area contributed by atoms with Gasteiger partial charge in [0.25, 0.3) is 0 Å². The maximum Gasteiger partial charge on any atom is 0.387 e.